The van der Waals surface area contributed by atoms with Gasteiger partial charge in [0.15, 0.2) is 0 Å². The molecule has 6 aromatic carbocycles. The van der Waals surface area contributed by atoms with Gasteiger partial charge in [-0.05, 0) is 83.8 Å². The molecular formula is C38H32BF4P2Rh. The normalized spacial score (nSPS) is 11.0. The molecule has 0 unspecified atom stereocenters. The van der Waals surface area contributed by atoms with Gasteiger partial charge in [-0.25, -0.2) is 0 Å². The third-order valence-electron chi connectivity index (χ3n) is 7.29. The minimum absolute atomic E-state index is 0. The largest absolute Gasteiger partial charge is 1.00 e. The number of hydrogen-bond donors (Lipinski definition) is 0. The van der Waals surface area contributed by atoms with E-state index in [1.807, 2.05) is 0 Å². The monoisotopic (exact) mass is 740 g/mol. The van der Waals surface area contributed by atoms with Crippen LogP contribution in [0.1, 0.15) is 11.1 Å². The molecule has 0 aliphatic carbocycles. The van der Waals surface area contributed by atoms with E-state index in [1.54, 1.807) is 0 Å². The van der Waals surface area contributed by atoms with Crippen LogP contribution in [0.2, 0.25) is 0 Å². The van der Waals surface area contributed by atoms with Crippen molar-refractivity contribution in [2.75, 3.05) is 0 Å². The summed E-state index contributed by atoms with van der Waals surface area (Å²) < 4.78 is 39.0. The van der Waals surface area contributed by atoms with Gasteiger partial charge in [0, 0.05) is 0 Å². The summed E-state index contributed by atoms with van der Waals surface area (Å²) in [6.45, 7) is 4.57. The summed E-state index contributed by atoms with van der Waals surface area (Å²) in [4.78, 5) is 0. The quantitative estimate of drug-likeness (QED) is 0.0873. The van der Waals surface area contributed by atoms with Crippen molar-refractivity contribution in [1.29, 1.82) is 0 Å². The Bertz CT molecular complexity index is 1610. The molecule has 0 radical (unpaired) electrons. The first-order valence-electron chi connectivity index (χ1n) is 14.6. The minimum atomic E-state index is -6.00. The molecule has 6 rings (SSSR count). The SMILES string of the molecule is Cc1cccc(P(c2ccccc2)c2ccccc2)c1-c1c(C)cccc1P(c1ccccc1)c1ccccc1.F[B-](F)(F)F.[Rh+]. The first-order valence-corrected chi connectivity index (χ1v) is 17.3. The Morgan fingerprint density at radius 2 is 0.609 bits per heavy atom. The van der Waals surface area contributed by atoms with Gasteiger partial charge < -0.3 is 17.3 Å². The van der Waals surface area contributed by atoms with Crippen LogP contribution < -0.4 is 31.8 Å². The van der Waals surface area contributed by atoms with Crippen molar-refractivity contribution < 1.29 is 36.7 Å². The maximum Gasteiger partial charge on any atom is 1.00 e. The van der Waals surface area contributed by atoms with Gasteiger partial charge in [-0.15, -0.1) is 0 Å². The van der Waals surface area contributed by atoms with E-state index in [1.165, 1.54) is 54.1 Å². The third kappa shape index (κ3) is 8.89. The molecule has 0 amide bonds. The molecule has 0 fully saturated rings. The number of hydrogen-bond acceptors (Lipinski definition) is 0. The maximum atomic E-state index is 9.75. The maximum absolute atomic E-state index is 9.75. The Morgan fingerprint density at radius 3 is 0.848 bits per heavy atom. The summed E-state index contributed by atoms with van der Waals surface area (Å²) >= 11 is 0. The second-order valence-corrected chi connectivity index (χ2v) is 14.8. The Morgan fingerprint density at radius 1 is 0.370 bits per heavy atom. The second-order valence-electron chi connectivity index (χ2n) is 10.4. The molecule has 46 heavy (non-hydrogen) atoms. The average Bonchev–Trinajstić information content (AvgIpc) is 3.04. The molecule has 0 N–H and O–H groups in total. The molecule has 0 nitrogen and oxygen atoms in total. The van der Waals surface area contributed by atoms with E-state index in [9.17, 15) is 17.3 Å². The van der Waals surface area contributed by atoms with Gasteiger partial charge in [-0.1, -0.05) is 158 Å². The van der Waals surface area contributed by atoms with Gasteiger partial charge in [0.1, 0.15) is 0 Å². The van der Waals surface area contributed by atoms with Crippen LogP contribution in [0.4, 0.5) is 17.3 Å². The topological polar surface area (TPSA) is 0 Å². The van der Waals surface area contributed by atoms with Gasteiger partial charge >= 0.3 is 26.7 Å². The van der Waals surface area contributed by atoms with Gasteiger partial charge in [-0.3, -0.25) is 0 Å². The van der Waals surface area contributed by atoms with Crippen LogP contribution in [0, 0.1) is 13.8 Å². The molecule has 0 bridgehead atoms. The summed E-state index contributed by atoms with van der Waals surface area (Å²) in [6.07, 6.45) is 0. The van der Waals surface area contributed by atoms with E-state index < -0.39 is 23.1 Å². The Balaban J connectivity index is 0.000000745. The van der Waals surface area contributed by atoms with E-state index in [0.717, 1.165) is 0 Å². The Kier molecular flexibility index (Phi) is 12.7. The summed E-state index contributed by atoms with van der Waals surface area (Å²) in [5.41, 5.74) is 5.41. The van der Waals surface area contributed by atoms with Crippen LogP contribution in [-0.4, -0.2) is 7.25 Å². The molecule has 0 atom stereocenters. The van der Waals surface area contributed by atoms with Gasteiger partial charge in [0.25, 0.3) is 0 Å². The van der Waals surface area contributed by atoms with Gasteiger partial charge in [-0.2, -0.15) is 0 Å². The first-order chi connectivity index (χ1) is 21.7. The second kappa shape index (κ2) is 16.4. The molecule has 0 aromatic heterocycles. The Labute approximate surface area is 284 Å². The fourth-order valence-electron chi connectivity index (χ4n) is 5.49. The first kappa shape index (κ1) is 35.4. The van der Waals surface area contributed by atoms with Crippen molar-refractivity contribution in [3.05, 3.63) is 169 Å². The molecule has 0 aliphatic heterocycles. The molecule has 0 saturated carbocycles. The number of rotatable bonds is 7. The van der Waals surface area contributed by atoms with Crippen LogP contribution in [0.3, 0.4) is 0 Å². The van der Waals surface area contributed by atoms with Gasteiger partial charge in [0.05, 0.1) is 0 Å². The van der Waals surface area contributed by atoms with Crippen molar-refractivity contribution in [2.24, 2.45) is 0 Å². The number of benzene rings is 6. The number of aryl methyl sites for hydroxylation is 2. The molecule has 234 valence electrons. The zero-order valence-corrected chi connectivity index (χ0v) is 28.8. The predicted molar refractivity (Wildman–Crippen MR) is 189 cm³/mol. The predicted octanol–water partition coefficient (Wildman–Crippen LogP) is 8.78. The molecule has 0 saturated heterocycles. The van der Waals surface area contributed by atoms with Crippen molar-refractivity contribution in [3.8, 4) is 11.1 Å². The summed E-state index contributed by atoms with van der Waals surface area (Å²) in [6, 6.07) is 58.0. The fraction of sp³-hybridized carbons (Fsp3) is 0.0526. The molecule has 6 aromatic rings. The molecular weight excluding hydrogens is 708 g/mol. The van der Waals surface area contributed by atoms with Gasteiger partial charge in [0.2, 0.25) is 0 Å². The van der Waals surface area contributed by atoms with E-state index in [4.69, 9.17) is 0 Å². The zero-order valence-electron chi connectivity index (χ0n) is 25.3. The Hall–Kier alpha value is -3.41. The standard InChI is InChI=1S/C38H32P2.BF4.Rh/c1-29-17-15-27-35(39(31-19-7-3-8-20-31)32-21-9-4-10-22-32)37(29)38-30(2)18-16-28-36(38)40(33-23-11-5-12-24-33)34-25-13-6-14-26-34;2-1(3,4)5;/h3-28H,1-2H3;;/q;-1;+1. The van der Waals surface area contributed by atoms with Crippen molar-refractivity contribution in [2.45, 2.75) is 13.8 Å². The smallest absolute Gasteiger partial charge is 0.418 e. The summed E-state index contributed by atoms with van der Waals surface area (Å²) in [7, 11) is -7.50. The van der Waals surface area contributed by atoms with E-state index >= 15 is 0 Å². The van der Waals surface area contributed by atoms with Crippen LogP contribution in [0.25, 0.3) is 11.1 Å². The molecule has 0 heterocycles. The minimum Gasteiger partial charge on any atom is -0.418 e. The van der Waals surface area contributed by atoms with Crippen LogP contribution in [0.15, 0.2) is 158 Å². The van der Waals surface area contributed by atoms with E-state index in [2.05, 4.69) is 172 Å². The van der Waals surface area contributed by atoms with Crippen molar-refractivity contribution >= 4 is 54.9 Å². The van der Waals surface area contributed by atoms with Crippen LogP contribution in [-0.2, 0) is 19.5 Å². The van der Waals surface area contributed by atoms with Crippen LogP contribution >= 0.6 is 15.8 Å². The fourth-order valence-corrected chi connectivity index (χ4v) is 10.6. The third-order valence-corrected chi connectivity index (χ3v) is 12.3. The van der Waals surface area contributed by atoms with E-state index in [-0.39, 0.29) is 19.5 Å². The van der Waals surface area contributed by atoms with E-state index in [0.29, 0.717) is 0 Å². The number of halogens is 4. The molecule has 0 spiro atoms. The van der Waals surface area contributed by atoms with Crippen molar-refractivity contribution in [3.63, 3.8) is 0 Å². The van der Waals surface area contributed by atoms with Crippen molar-refractivity contribution in [1.82, 2.24) is 0 Å². The average molecular weight is 740 g/mol. The summed E-state index contributed by atoms with van der Waals surface area (Å²) in [5.74, 6) is 0. The van der Waals surface area contributed by atoms with Crippen LogP contribution in [0.5, 0.6) is 0 Å². The molecule has 0 aliphatic rings. The molecule has 8 heteroatoms. The zero-order chi connectivity index (χ0) is 31.8. The summed E-state index contributed by atoms with van der Waals surface area (Å²) in [5, 5.41) is 8.33.